The molecule has 0 aliphatic carbocycles. The van der Waals surface area contributed by atoms with Gasteiger partial charge >= 0.3 is 0 Å². The third-order valence-corrected chi connectivity index (χ3v) is 6.36. The van der Waals surface area contributed by atoms with Gasteiger partial charge in [-0.05, 0) is 68.9 Å². The lowest BCUT2D eigenvalue weighted by atomic mass is 10.0. The molecule has 0 spiro atoms. The highest BCUT2D eigenvalue weighted by molar-refractivity contribution is 7.17. The number of benzene rings is 2. The summed E-state index contributed by atoms with van der Waals surface area (Å²) in [4.78, 5) is 19.1. The smallest absolute Gasteiger partial charge is 0.268 e. The first-order valence-corrected chi connectivity index (χ1v) is 10.7. The lowest BCUT2D eigenvalue weighted by molar-refractivity contribution is 0.0985. The Morgan fingerprint density at radius 2 is 1.79 bits per heavy atom. The summed E-state index contributed by atoms with van der Waals surface area (Å²) in [5, 5.41) is 0. The molecule has 3 aromatic rings. The van der Waals surface area contributed by atoms with Crippen LogP contribution in [0.2, 0.25) is 0 Å². The normalized spacial score (nSPS) is 13.7. The molecule has 1 aromatic heterocycles. The summed E-state index contributed by atoms with van der Waals surface area (Å²) in [6.45, 7) is 4.31. The Hall–Kier alpha value is -2.63. The Bertz CT molecular complexity index is 991. The van der Waals surface area contributed by atoms with Crippen LogP contribution in [-0.2, 0) is 6.42 Å². The summed E-state index contributed by atoms with van der Waals surface area (Å²) in [6.07, 6.45) is 0.879. The second kappa shape index (κ2) is 8.39. The number of rotatable bonds is 6. The van der Waals surface area contributed by atoms with Crippen molar-refractivity contribution in [3.8, 4) is 16.2 Å². The summed E-state index contributed by atoms with van der Waals surface area (Å²) in [7, 11) is 4.05. The van der Waals surface area contributed by atoms with E-state index >= 15 is 0 Å². The molecule has 0 N–H and O–H groups in total. The minimum absolute atomic E-state index is 0.0934. The number of nitrogens with zero attached hydrogens (tertiary/aromatic N) is 2. The van der Waals surface area contributed by atoms with Crippen LogP contribution in [0.15, 0.2) is 54.6 Å². The van der Waals surface area contributed by atoms with Crippen molar-refractivity contribution in [1.82, 2.24) is 4.90 Å². The summed E-state index contributed by atoms with van der Waals surface area (Å²) in [5.41, 5.74) is 4.50. The summed E-state index contributed by atoms with van der Waals surface area (Å²) >= 11 is 1.60. The van der Waals surface area contributed by atoms with Crippen LogP contribution >= 0.6 is 11.3 Å². The van der Waals surface area contributed by atoms with Gasteiger partial charge in [-0.3, -0.25) is 4.79 Å². The van der Waals surface area contributed by atoms with Crippen molar-refractivity contribution >= 4 is 22.9 Å². The molecule has 2 aromatic carbocycles. The van der Waals surface area contributed by atoms with E-state index in [-0.39, 0.29) is 5.91 Å². The van der Waals surface area contributed by atoms with E-state index in [9.17, 15) is 4.79 Å². The van der Waals surface area contributed by atoms with Gasteiger partial charge in [-0.25, -0.2) is 0 Å². The average molecular weight is 407 g/mol. The lowest BCUT2D eigenvalue weighted by Crippen LogP contribution is -2.36. The van der Waals surface area contributed by atoms with E-state index in [1.165, 1.54) is 11.1 Å². The second-order valence-electron chi connectivity index (χ2n) is 7.68. The Kier molecular flexibility index (Phi) is 5.69. The predicted molar refractivity (Wildman–Crippen MR) is 120 cm³/mol. The largest absolute Gasteiger partial charge is 0.492 e. The Morgan fingerprint density at radius 1 is 1.07 bits per heavy atom. The number of ether oxygens (including phenoxy) is 1. The molecule has 2 heterocycles. The fraction of sp³-hybridized carbons (Fsp3) is 0.292. The maximum atomic E-state index is 13.1. The van der Waals surface area contributed by atoms with Crippen molar-refractivity contribution in [3.05, 3.63) is 70.6 Å². The molecule has 4 nitrogen and oxygen atoms in total. The zero-order valence-corrected chi connectivity index (χ0v) is 18.0. The van der Waals surface area contributed by atoms with Gasteiger partial charge in [-0.1, -0.05) is 29.8 Å². The molecule has 5 heteroatoms. The molecule has 150 valence electrons. The first-order valence-electron chi connectivity index (χ1n) is 9.90. The molecular formula is C24H26N2O2S. The molecule has 0 bridgehead atoms. The summed E-state index contributed by atoms with van der Waals surface area (Å²) < 4.78 is 5.76. The highest BCUT2D eigenvalue weighted by Crippen LogP contribution is 2.36. The van der Waals surface area contributed by atoms with E-state index in [1.54, 1.807) is 11.3 Å². The Morgan fingerprint density at radius 3 is 2.48 bits per heavy atom. The van der Waals surface area contributed by atoms with Gasteiger partial charge in [0.25, 0.3) is 5.91 Å². The van der Waals surface area contributed by atoms with Crippen molar-refractivity contribution < 1.29 is 9.53 Å². The van der Waals surface area contributed by atoms with Crippen LogP contribution in [0.3, 0.4) is 0 Å². The van der Waals surface area contributed by atoms with Crippen molar-refractivity contribution in [1.29, 1.82) is 0 Å². The lowest BCUT2D eigenvalue weighted by Gasteiger charge is -2.26. The topological polar surface area (TPSA) is 32.8 Å². The minimum Gasteiger partial charge on any atom is -0.492 e. The molecule has 0 fully saturated rings. The molecule has 1 aliphatic rings. The van der Waals surface area contributed by atoms with Crippen LogP contribution in [0.25, 0.3) is 10.4 Å². The number of thiophene rings is 1. The fourth-order valence-corrected chi connectivity index (χ4v) is 4.59. The van der Waals surface area contributed by atoms with Gasteiger partial charge in [0.05, 0.1) is 4.88 Å². The Balaban J connectivity index is 1.49. The third kappa shape index (κ3) is 4.36. The number of carbonyl (C=O) groups is 1. The van der Waals surface area contributed by atoms with Crippen molar-refractivity contribution in [2.75, 3.05) is 38.7 Å². The molecule has 0 radical (unpaired) electrons. The van der Waals surface area contributed by atoms with Crippen LogP contribution < -0.4 is 9.64 Å². The van der Waals surface area contributed by atoms with E-state index in [1.807, 2.05) is 43.3 Å². The maximum Gasteiger partial charge on any atom is 0.268 e. The molecular weight excluding hydrogens is 380 g/mol. The van der Waals surface area contributed by atoms with Crippen LogP contribution in [0.5, 0.6) is 5.75 Å². The average Bonchev–Trinajstić information content (AvgIpc) is 3.15. The molecule has 0 saturated heterocycles. The number of anilines is 1. The number of amides is 1. The molecule has 1 aliphatic heterocycles. The monoisotopic (exact) mass is 406 g/mol. The van der Waals surface area contributed by atoms with E-state index in [0.29, 0.717) is 13.2 Å². The number of hydrogen-bond donors (Lipinski definition) is 0. The highest BCUT2D eigenvalue weighted by Gasteiger charge is 2.28. The van der Waals surface area contributed by atoms with Crippen LogP contribution in [0.4, 0.5) is 5.69 Å². The zero-order chi connectivity index (χ0) is 20.4. The third-order valence-electron chi connectivity index (χ3n) is 5.14. The molecule has 0 unspecified atom stereocenters. The predicted octanol–water partition coefficient (Wildman–Crippen LogP) is 4.87. The number of fused-ring (bicyclic) bond motifs is 1. The van der Waals surface area contributed by atoms with Crippen molar-refractivity contribution in [3.63, 3.8) is 0 Å². The second-order valence-corrected chi connectivity index (χ2v) is 8.74. The number of aryl methyl sites for hydroxylation is 1. The quantitative estimate of drug-likeness (QED) is 0.586. The van der Waals surface area contributed by atoms with Crippen LogP contribution in [-0.4, -0.2) is 44.6 Å². The molecule has 1 amide bonds. The minimum atomic E-state index is 0.0934. The molecule has 0 atom stereocenters. The first kappa shape index (κ1) is 19.7. The van der Waals surface area contributed by atoms with Gasteiger partial charge in [-0.2, -0.15) is 0 Å². The molecule has 29 heavy (non-hydrogen) atoms. The van der Waals surface area contributed by atoms with Gasteiger partial charge in [0.1, 0.15) is 12.4 Å². The van der Waals surface area contributed by atoms with Crippen molar-refractivity contribution in [2.24, 2.45) is 0 Å². The SMILES string of the molecule is Cc1ccc(-c2cc3c(s2)C(=O)N(c2ccc(OCCN(C)C)cc2)CC3)cc1. The van der Waals surface area contributed by atoms with Gasteiger partial charge in [-0.15, -0.1) is 11.3 Å². The van der Waals surface area contributed by atoms with E-state index in [2.05, 4.69) is 42.2 Å². The summed E-state index contributed by atoms with van der Waals surface area (Å²) in [5.74, 6) is 0.925. The van der Waals surface area contributed by atoms with E-state index in [4.69, 9.17) is 4.74 Å². The van der Waals surface area contributed by atoms with Gasteiger partial charge < -0.3 is 14.5 Å². The number of hydrogen-bond acceptors (Lipinski definition) is 4. The van der Waals surface area contributed by atoms with Gasteiger partial charge in [0.15, 0.2) is 0 Å². The zero-order valence-electron chi connectivity index (χ0n) is 17.1. The number of carbonyl (C=O) groups excluding carboxylic acids is 1. The first-order chi connectivity index (χ1) is 14.0. The standard InChI is InChI=1S/C24H26N2O2S/c1-17-4-6-18(7-5-17)22-16-19-12-13-26(24(27)23(19)29-22)20-8-10-21(11-9-20)28-15-14-25(2)3/h4-11,16H,12-15H2,1-3H3. The van der Waals surface area contributed by atoms with Crippen LogP contribution in [0.1, 0.15) is 20.8 Å². The molecule has 0 saturated carbocycles. The van der Waals surface area contributed by atoms with Gasteiger partial charge in [0, 0.05) is 23.7 Å². The Labute approximate surface area is 176 Å². The number of likely N-dealkylation sites (N-methyl/N-ethyl adjacent to an activating group) is 1. The summed E-state index contributed by atoms with van der Waals surface area (Å²) in [6, 6.07) is 18.5. The fourth-order valence-electron chi connectivity index (χ4n) is 3.43. The van der Waals surface area contributed by atoms with Crippen LogP contribution in [0, 0.1) is 6.92 Å². The van der Waals surface area contributed by atoms with Crippen molar-refractivity contribution in [2.45, 2.75) is 13.3 Å². The highest BCUT2D eigenvalue weighted by atomic mass is 32.1. The molecule has 4 rings (SSSR count). The maximum absolute atomic E-state index is 13.1. The van der Waals surface area contributed by atoms with Gasteiger partial charge in [0.2, 0.25) is 0 Å². The van der Waals surface area contributed by atoms with E-state index in [0.717, 1.165) is 39.7 Å². The van der Waals surface area contributed by atoms with E-state index < -0.39 is 0 Å².